The molecule has 0 spiro atoms. The molecule has 0 atom stereocenters. The molecule has 0 saturated carbocycles. The first kappa shape index (κ1) is 22.9. The first-order valence-electron chi connectivity index (χ1n) is 13.2. The Morgan fingerprint density at radius 2 is 0.737 bits per heavy atom. The van der Waals surface area contributed by atoms with E-state index in [1.807, 2.05) is 12.1 Å². The minimum atomic E-state index is -0.0617. The van der Waals surface area contributed by atoms with Crippen molar-refractivity contribution in [1.82, 2.24) is 0 Å². The lowest BCUT2D eigenvalue weighted by Gasteiger charge is -2.08. The molecule has 0 aliphatic carbocycles. The van der Waals surface area contributed by atoms with Gasteiger partial charge in [0.1, 0.15) is 0 Å². The van der Waals surface area contributed by atoms with Crippen LogP contribution in [0.4, 0.5) is 0 Å². The highest BCUT2D eigenvalue weighted by Crippen LogP contribution is 2.46. The standard InChI is InChI=1S/C36H28O2/c1-17-11-19(3)25-15-27-31(29(25)21(5)13-17)32-28(16-26-20(4)12-18(2)14-22(6)30(26)32)34-33(27)35(37)23-9-7-8-10-24(23)36(34)38/h7-16H,1-6H3. The third-order valence-electron chi connectivity index (χ3n) is 8.48. The van der Waals surface area contributed by atoms with Gasteiger partial charge in [0.15, 0.2) is 10.9 Å². The molecule has 0 saturated heterocycles. The van der Waals surface area contributed by atoms with E-state index in [4.69, 9.17) is 0 Å². The molecule has 0 aliphatic heterocycles. The molecule has 0 aliphatic rings. The van der Waals surface area contributed by atoms with Crippen LogP contribution in [-0.4, -0.2) is 0 Å². The van der Waals surface area contributed by atoms with Crippen LogP contribution in [0.3, 0.4) is 0 Å². The van der Waals surface area contributed by atoms with Gasteiger partial charge >= 0.3 is 0 Å². The largest absolute Gasteiger partial charge is 0.289 e. The molecule has 2 heteroatoms. The van der Waals surface area contributed by atoms with Crippen LogP contribution in [0.5, 0.6) is 0 Å². The predicted octanol–water partition coefficient (Wildman–Crippen LogP) is 8.61. The monoisotopic (exact) mass is 492 g/mol. The van der Waals surface area contributed by atoms with Gasteiger partial charge in [0.2, 0.25) is 0 Å². The highest BCUT2D eigenvalue weighted by atomic mass is 16.1. The first-order chi connectivity index (χ1) is 18.2. The zero-order valence-corrected chi connectivity index (χ0v) is 22.6. The lowest BCUT2D eigenvalue weighted by molar-refractivity contribution is 1.43. The highest BCUT2D eigenvalue weighted by molar-refractivity contribution is 6.40. The molecular weight excluding hydrogens is 464 g/mol. The fourth-order valence-electron chi connectivity index (χ4n) is 7.11. The summed E-state index contributed by atoms with van der Waals surface area (Å²) in [5.41, 5.74) is 6.99. The smallest absolute Gasteiger partial charge is 0.195 e. The molecule has 0 amide bonds. The number of rotatable bonds is 0. The second kappa shape index (κ2) is 7.61. The van der Waals surface area contributed by atoms with E-state index in [0.717, 1.165) is 32.3 Å². The van der Waals surface area contributed by atoms with Crippen molar-refractivity contribution in [2.75, 3.05) is 0 Å². The molecule has 0 heterocycles. The Balaban J connectivity index is 1.99. The zero-order valence-electron chi connectivity index (χ0n) is 22.6. The molecule has 7 aromatic carbocycles. The van der Waals surface area contributed by atoms with Crippen LogP contribution >= 0.6 is 0 Å². The van der Waals surface area contributed by atoms with Crippen LogP contribution in [0.2, 0.25) is 0 Å². The molecule has 7 rings (SSSR count). The van der Waals surface area contributed by atoms with E-state index in [-0.39, 0.29) is 10.9 Å². The van der Waals surface area contributed by atoms with Gasteiger partial charge in [-0.1, -0.05) is 59.7 Å². The zero-order chi connectivity index (χ0) is 26.6. The predicted molar refractivity (Wildman–Crippen MR) is 164 cm³/mol. The number of aryl methyl sites for hydroxylation is 6. The molecule has 0 N–H and O–H groups in total. The van der Waals surface area contributed by atoms with Crippen molar-refractivity contribution in [1.29, 1.82) is 0 Å². The molecule has 0 fully saturated rings. The fraction of sp³-hybridized carbons (Fsp3) is 0.167. The second-order valence-corrected chi connectivity index (χ2v) is 11.2. The maximum absolute atomic E-state index is 14.2. The number of hydrogen-bond donors (Lipinski definition) is 0. The molecule has 0 bridgehead atoms. The average Bonchev–Trinajstić information content (AvgIpc) is 3.40. The summed E-state index contributed by atoms with van der Waals surface area (Å²) in [5, 5.41) is 10.7. The van der Waals surface area contributed by atoms with Crippen LogP contribution < -0.4 is 10.9 Å². The van der Waals surface area contributed by atoms with Crippen molar-refractivity contribution in [2.45, 2.75) is 41.5 Å². The van der Waals surface area contributed by atoms with Gasteiger partial charge in [-0.15, -0.1) is 0 Å². The summed E-state index contributed by atoms with van der Waals surface area (Å²) in [7, 11) is 0. The number of benzene rings is 3. The van der Waals surface area contributed by atoms with Crippen molar-refractivity contribution in [3.8, 4) is 0 Å². The third kappa shape index (κ3) is 2.83. The summed E-state index contributed by atoms with van der Waals surface area (Å²) in [6.45, 7) is 12.9. The highest BCUT2D eigenvalue weighted by Gasteiger charge is 2.24. The van der Waals surface area contributed by atoms with Crippen LogP contribution in [0.15, 0.2) is 70.3 Å². The summed E-state index contributed by atoms with van der Waals surface area (Å²) in [6, 6.07) is 20.5. The van der Waals surface area contributed by atoms with Gasteiger partial charge in [0.25, 0.3) is 0 Å². The first-order valence-corrected chi connectivity index (χ1v) is 13.2. The summed E-state index contributed by atoms with van der Waals surface area (Å²) < 4.78 is 0. The lowest BCUT2D eigenvalue weighted by Crippen LogP contribution is -2.13. The Labute approximate surface area is 220 Å². The SMILES string of the molecule is Cc1cc(C)c2cc3c4c(=O)c5ccccc5c(=O)c4c4cc5c(C)cc(C)cc(C)c5c4c3c2c(C)c1. The Kier molecular flexibility index (Phi) is 4.58. The number of hydrogen-bond acceptors (Lipinski definition) is 2. The summed E-state index contributed by atoms with van der Waals surface area (Å²) in [6.07, 6.45) is 0. The molecular formula is C36H28O2. The molecule has 0 radical (unpaired) electrons. The van der Waals surface area contributed by atoms with Gasteiger partial charge < -0.3 is 0 Å². The van der Waals surface area contributed by atoms with E-state index in [1.165, 1.54) is 44.2 Å². The molecule has 38 heavy (non-hydrogen) atoms. The van der Waals surface area contributed by atoms with Gasteiger partial charge in [-0.25, -0.2) is 0 Å². The van der Waals surface area contributed by atoms with Gasteiger partial charge in [-0.2, -0.15) is 0 Å². The van der Waals surface area contributed by atoms with Gasteiger partial charge in [-0.05, 0) is 119 Å². The van der Waals surface area contributed by atoms with E-state index >= 15 is 0 Å². The quantitative estimate of drug-likeness (QED) is 0.199. The maximum atomic E-state index is 14.2. The molecule has 2 nitrogen and oxygen atoms in total. The second-order valence-electron chi connectivity index (χ2n) is 11.2. The maximum Gasteiger partial charge on any atom is 0.195 e. The molecule has 7 aromatic rings. The Bertz CT molecular complexity index is 2160. The lowest BCUT2D eigenvalue weighted by atomic mass is 9.93. The molecule has 0 aromatic heterocycles. The van der Waals surface area contributed by atoms with Gasteiger partial charge in [-0.3, -0.25) is 9.59 Å². The van der Waals surface area contributed by atoms with E-state index < -0.39 is 0 Å². The Morgan fingerprint density at radius 3 is 1.13 bits per heavy atom. The van der Waals surface area contributed by atoms with Crippen LogP contribution in [0.25, 0.3) is 64.6 Å². The fourth-order valence-corrected chi connectivity index (χ4v) is 7.11. The summed E-state index contributed by atoms with van der Waals surface area (Å²) in [4.78, 5) is 28.3. The van der Waals surface area contributed by atoms with E-state index in [0.29, 0.717) is 21.5 Å². The summed E-state index contributed by atoms with van der Waals surface area (Å²) >= 11 is 0. The normalized spacial score (nSPS) is 12.2. The minimum Gasteiger partial charge on any atom is -0.289 e. The molecule has 0 unspecified atom stereocenters. The topological polar surface area (TPSA) is 34.1 Å². The third-order valence-corrected chi connectivity index (χ3v) is 8.48. The van der Waals surface area contributed by atoms with Crippen LogP contribution in [-0.2, 0) is 0 Å². The van der Waals surface area contributed by atoms with Crippen molar-refractivity contribution >= 4 is 64.6 Å². The van der Waals surface area contributed by atoms with Crippen molar-refractivity contribution in [2.24, 2.45) is 0 Å². The van der Waals surface area contributed by atoms with Crippen molar-refractivity contribution in [3.63, 3.8) is 0 Å². The van der Waals surface area contributed by atoms with E-state index in [1.54, 1.807) is 12.1 Å². The minimum absolute atomic E-state index is 0.0617. The van der Waals surface area contributed by atoms with Crippen molar-refractivity contribution in [3.05, 3.63) is 114 Å². The van der Waals surface area contributed by atoms with E-state index in [2.05, 4.69) is 77.9 Å². The Hall–Kier alpha value is -4.30. The average molecular weight is 493 g/mol. The summed E-state index contributed by atoms with van der Waals surface area (Å²) in [5.74, 6) is 0. The van der Waals surface area contributed by atoms with Crippen LogP contribution in [0.1, 0.15) is 33.4 Å². The Morgan fingerprint density at radius 1 is 0.368 bits per heavy atom. The van der Waals surface area contributed by atoms with E-state index in [9.17, 15) is 9.59 Å². The van der Waals surface area contributed by atoms with Crippen LogP contribution in [0, 0.1) is 41.5 Å². The van der Waals surface area contributed by atoms with Gasteiger partial charge in [0, 0.05) is 21.5 Å². The number of fused-ring (bicyclic) bond motifs is 11. The molecule has 184 valence electrons. The van der Waals surface area contributed by atoms with Crippen molar-refractivity contribution < 1.29 is 0 Å². The van der Waals surface area contributed by atoms with Gasteiger partial charge in [0.05, 0.1) is 0 Å².